The molecule has 7 heteroatoms. The van der Waals surface area contributed by atoms with E-state index in [9.17, 15) is 14.4 Å². The van der Waals surface area contributed by atoms with E-state index in [1.807, 2.05) is 0 Å². The highest BCUT2D eigenvalue weighted by Gasteiger charge is 2.27. The van der Waals surface area contributed by atoms with Gasteiger partial charge in [0.2, 0.25) is 0 Å². The van der Waals surface area contributed by atoms with Crippen molar-refractivity contribution in [3.8, 4) is 0 Å². The van der Waals surface area contributed by atoms with Gasteiger partial charge in [-0.1, -0.05) is 13.3 Å². The molecule has 2 unspecified atom stereocenters. The molecule has 20 heavy (non-hydrogen) atoms. The van der Waals surface area contributed by atoms with E-state index in [4.69, 9.17) is 10.2 Å². The zero-order chi connectivity index (χ0) is 15.1. The number of nitrogens with one attached hydrogen (secondary N) is 1. The van der Waals surface area contributed by atoms with Gasteiger partial charge in [0.1, 0.15) is 6.04 Å². The number of carbonyl (C=O) groups excluding carboxylic acids is 1. The minimum Gasteiger partial charge on any atom is -0.481 e. The molecular weight excluding hydrogens is 264 g/mol. The van der Waals surface area contributed by atoms with Crippen molar-refractivity contribution in [2.24, 2.45) is 5.92 Å². The molecule has 0 aromatic carbocycles. The van der Waals surface area contributed by atoms with E-state index >= 15 is 0 Å². The van der Waals surface area contributed by atoms with Crippen LogP contribution in [0.25, 0.3) is 0 Å². The molecule has 2 atom stereocenters. The molecule has 0 aromatic heterocycles. The van der Waals surface area contributed by atoms with Gasteiger partial charge in [-0.3, -0.25) is 4.79 Å². The topological polar surface area (TPSA) is 107 Å². The van der Waals surface area contributed by atoms with Crippen molar-refractivity contribution < 1.29 is 24.6 Å². The Morgan fingerprint density at radius 1 is 1.35 bits per heavy atom. The highest BCUT2D eigenvalue weighted by Crippen LogP contribution is 2.19. The first-order chi connectivity index (χ1) is 9.43. The van der Waals surface area contributed by atoms with Crippen molar-refractivity contribution >= 4 is 18.0 Å². The summed E-state index contributed by atoms with van der Waals surface area (Å²) in [5, 5.41) is 20.0. The molecule has 1 fully saturated rings. The van der Waals surface area contributed by atoms with Crippen LogP contribution in [0.15, 0.2) is 0 Å². The minimum atomic E-state index is -1.20. The molecule has 1 aliphatic rings. The molecule has 1 rings (SSSR count). The Labute approximate surface area is 117 Å². The number of urea groups is 1. The maximum atomic E-state index is 12.0. The summed E-state index contributed by atoms with van der Waals surface area (Å²) < 4.78 is 0. The van der Waals surface area contributed by atoms with Crippen LogP contribution in [0.4, 0.5) is 4.79 Å². The Morgan fingerprint density at radius 3 is 2.60 bits per heavy atom. The van der Waals surface area contributed by atoms with Gasteiger partial charge in [-0.05, 0) is 25.2 Å². The maximum absolute atomic E-state index is 12.0. The van der Waals surface area contributed by atoms with Crippen LogP contribution in [0.2, 0.25) is 0 Å². The number of hydrogen-bond donors (Lipinski definition) is 3. The molecule has 7 nitrogen and oxygen atoms in total. The molecule has 0 aromatic rings. The van der Waals surface area contributed by atoms with Gasteiger partial charge in [0.15, 0.2) is 0 Å². The van der Waals surface area contributed by atoms with Crippen molar-refractivity contribution in [1.82, 2.24) is 10.2 Å². The van der Waals surface area contributed by atoms with Gasteiger partial charge in [-0.2, -0.15) is 0 Å². The van der Waals surface area contributed by atoms with E-state index in [1.165, 1.54) is 0 Å². The van der Waals surface area contributed by atoms with Crippen LogP contribution in [-0.4, -0.2) is 52.2 Å². The first-order valence-electron chi connectivity index (χ1n) is 6.94. The second-order valence-electron chi connectivity index (χ2n) is 5.14. The summed E-state index contributed by atoms with van der Waals surface area (Å²) in [5.74, 6) is -1.82. The largest absolute Gasteiger partial charge is 0.481 e. The normalized spacial score (nSPS) is 20.2. The van der Waals surface area contributed by atoms with Gasteiger partial charge in [0.05, 0.1) is 0 Å². The number of carbonyl (C=O) groups is 3. The summed E-state index contributed by atoms with van der Waals surface area (Å²) in [6.07, 6.45) is 2.60. The zero-order valence-corrected chi connectivity index (χ0v) is 11.7. The van der Waals surface area contributed by atoms with E-state index in [0.717, 1.165) is 19.3 Å². The first-order valence-corrected chi connectivity index (χ1v) is 6.94. The number of carboxylic acid groups (broad SMARTS) is 2. The molecule has 1 heterocycles. The lowest BCUT2D eigenvalue weighted by atomic mass is 9.96. The van der Waals surface area contributed by atoms with Crippen LogP contribution in [0.5, 0.6) is 0 Å². The average molecular weight is 286 g/mol. The van der Waals surface area contributed by atoms with Crippen molar-refractivity contribution in [1.29, 1.82) is 0 Å². The third-order valence-corrected chi connectivity index (χ3v) is 3.63. The van der Waals surface area contributed by atoms with Gasteiger partial charge in [0.25, 0.3) is 0 Å². The van der Waals surface area contributed by atoms with Gasteiger partial charge in [-0.25, -0.2) is 9.59 Å². The lowest BCUT2D eigenvalue weighted by Crippen LogP contribution is -2.50. The summed E-state index contributed by atoms with van der Waals surface area (Å²) in [5.41, 5.74) is 0. The lowest BCUT2D eigenvalue weighted by molar-refractivity contribution is -0.140. The Kier molecular flexibility index (Phi) is 6.27. The van der Waals surface area contributed by atoms with Crippen LogP contribution in [0.3, 0.4) is 0 Å². The van der Waals surface area contributed by atoms with Crippen LogP contribution in [0, 0.1) is 5.92 Å². The summed E-state index contributed by atoms with van der Waals surface area (Å²) >= 11 is 0. The summed E-state index contributed by atoms with van der Waals surface area (Å²) in [6.45, 7) is 3.32. The van der Waals surface area contributed by atoms with Crippen LogP contribution in [-0.2, 0) is 9.59 Å². The number of piperidine rings is 1. The number of likely N-dealkylation sites (tertiary alicyclic amines) is 1. The Morgan fingerprint density at radius 2 is 2.05 bits per heavy atom. The van der Waals surface area contributed by atoms with E-state index < -0.39 is 24.0 Å². The zero-order valence-electron chi connectivity index (χ0n) is 11.7. The molecule has 114 valence electrons. The van der Waals surface area contributed by atoms with Crippen LogP contribution >= 0.6 is 0 Å². The number of aliphatic carboxylic acids is 2. The van der Waals surface area contributed by atoms with Crippen molar-refractivity contribution in [3.05, 3.63) is 0 Å². The monoisotopic (exact) mass is 286 g/mol. The van der Waals surface area contributed by atoms with Crippen LogP contribution in [0.1, 0.15) is 39.0 Å². The Hall–Kier alpha value is -1.79. The van der Waals surface area contributed by atoms with E-state index in [2.05, 4.69) is 12.2 Å². The van der Waals surface area contributed by atoms with Gasteiger partial charge in [-0.15, -0.1) is 0 Å². The van der Waals surface area contributed by atoms with Gasteiger partial charge >= 0.3 is 18.0 Å². The van der Waals surface area contributed by atoms with E-state index in [1.54, 1.807) is 4.90 Å². The number of amides is 2. The predicted molar refractivity (Wildman–Crippen MR) is 71.4 cm³/mol. The number of rotatable bonds is 6. The third kappa shape index (κ3) is 5.07. The predicted octanol–water partition coefficient (Wildman–Crippen LogP) is 1.14. The highest BCUT2D eigenvalue weighted by molar-refractivity contribution is 5.83. The highest BCUT2D eigenvalue weighted by atomic mass is 16.4. The van der Waals surface area contributed by atoms with Crippen molar-refractivity contribution in [2.75, 3.05) is 13.1 Å². The Balaban J connectivity index is 2.52. The van der Waals surface area contributed by atoms with Crippen molar-refractivity contribution in [2.45, 2.75) is 45.1 Å². The second kappa shape index (κ2) is 7.72. The maximum Gasteiger partial charge on any atom is 0.326 e. The molecular formula is C13H22N2O5. The van der Waals surface area contributed by atoms with Crippen LogP contribution < -0.4 is 5.32 Å². The molecule has 0 spiro atoms. The summed E-state index contributed by atoms with van der Waals surface area (Å²) in [7, 11) is 0. The standard InChI is InChI=1S/C13H22N2O5/c1-2-9-4-3-7-15(8-9)13(20)14-10(12(18)19)5-6-11(16)17/h9-10H,2-8H2,1H3,(H,14,20)(H,16,17)(H,18,19). The fourth-order valence-electron chi connectivity index (χ4n) is 2.35. The second-order valence-corrected chi connectivity index (χ2v) is 5.14. The smallest absolute Gasteiger partial charge is 0.326 e. The molecule has 0 aliphatic carbocycles. The molecule has 0 saturated carbocycles. The molecule has 2 amide bonds. The minimum absolute atomic E-state index is 0.110. The van der Waals surface area contributed by atoms with E-state index in [0.29, 0.717) is 19.0 Å². The summed E-state index contributed by atoms with van der Waals surface area (Å²) in [6, 6.07) is -1.57. The van der Waals surface area contributed by atoms with Gasteiger partial charge < -0.3 is 20.4 Å². The number of hydrogen-bond acceptors (Lipinski definition) is 3. The number of carboxylic acids is 2. The average Bonchev–Trinajstić information content (AvgIpc) is 2.42. The molecule has 0 radical (unpaired) electrons. The molecule has 1 saturated heterocycles. The fraction of sp³-hybridized carbons (Fsp3) is 0.769. The molecule has 1 aliphatic heterocycles. The Bertz CT molecular complexity index is 372. The van der Waals surface area contributed by atoms with Crippen molar-refractivity contribution in [3.63, 3.8) is 0 Å². The third-order valence-electron chi connectivity index (χ3n) is 3.63. The van der Waals surface area contributed by atoms with Gasteiger partial charge in [0, 0.05) is 19.5 Å². The fourth-order valence-corrected chi connectivity index (χ4v) is 2.35. The first kappa shape index (κ1) is 16.3. The van der Waals surface area contributed by atoms with E-state index in [-0.39, 0.29) is 12.8 Å². The summed E-state index contributed by atoms with van der Waals surface area (Å²) in [4.78, 5) is 35.1. The molecule has 3 N–H and O–H groups in total. The SMILES string of the molecule is CCC1CCCN(C(=O)NC(CCC(=O)O)C(=O)O)C1. The lowest BCUT2D eigenvalue weighted by Gasteiger charge is -2.33. The molecule has 0 bridgehead atoms. The number of nitrogens with zero attached hydrogens (tertiary/aromatic N) is 1. The quantitative estimate of drug-likeness (QED) is 0.678.